The van der Waals surface area contributed by atoms with Crippen LogP contribution in [0.4, 0.5) is 0 Å². The maximum absolute atomic E-state index is 12.8. The summed E-state index contributed by atoms with van der Waals surface area (Å²) >= 11 is 0. The van der Waals surface area contributed by atoms with Crippen molar-refractivity contribution in [3.05, 3.63) is 70.3 Å². The third-order valence-electron chi connectivity index (χ3n) is 5.07. The summed E-state index contributed by atoms with van der Waals surface area (Å²) in [4.78, 5) is 30.1. The topological polar surface area (TPSA) is 73.2 Å². The van der Waals surface area contributed by atoms with Crippen LogP contribution in [0.3, 0.4) is 0 Å². The molecule has 0 radical (unpaired) electrons. The lowest BCUT2D eigenvalue weighted by molar-refractivity contribution is -0.123. The molecular formula is C22H23N3O3. The largest absolute Gasteiger partial charge is 0.487 e. The van der Waals surface area contributed by atoms with E-state index in [9.17, 15) is 9.59 Å². The predicted octanol–water partition coefficient (Wildman–Crippen LogP) is 3.12. The normalized spacial score (nSPS) is 17.6. The first kappa shape index (κ1) is 18.2. The Morgan fingerprint density at radius 2 is 1.93 bits per heavy atom. The number of rotatable bonds is 3. The van der Waals surface area contributed by atoms with Gasteiger partial charge in [-0.2, -0.15) is 0 Å². The Hall–Kier alpha value is -3.15. The third-order valence-corrected chi connectivity index (χ3v) is 5.07. The zero-order chi connectivity index (χ0) is 19.9. The van der Waals surface area contributed by atoms with Crippen LogP contribution in [-0.4, -0.2) is 21.1 Å². The fourth-order valence-electron chi connectivity index (χ4n) is 3.78. The van der Waals surface area contributed by atoms with Gasteiger partial charge in [-0.15, -0.1) is 0 Å². The Morgan fingerprint density at radius 3 is 2.75 bits per heavy atom. The number of benzene rings is 2. The van der Waals surface area contributed by atoms with Crippen molar-refractivity contribution in [2.24, 2.45) is 0 Å². The Morgan fingerprint density at radius 1 is 1.21 bits per heavy atom. The van der Waals surface area contributed by atoms with E-state index < -0.39 is 0 Å². The van der Waals surface area contributed by atoms with E-state index in [0.717, 1.165) is 11.3 Å². The number of fused-ring (bicyclic) bond motifs is 2. The number of carbonyl (C=O) groups is 1. The predicted molar refractivity (Wildman–Crippen MR) is 107 cm³/mol. The van der Waals surface area contributed by atoms with Crippen LogP contribution in [0.5, 0.6) is 5.75 Å². The lowest BCUT2D eigenvalue weighted by Gasteiger charge is -2.37. The van der Waals surface area contributed by atoms with E-state index in [1.807, 2.05) is 44.2 Å². The molecule has 0 saturated carbocycles. The highest BCUT2D eigenvalue weighted by Crippen LogP contribution is 2.39. The van der Waals surface area contributed by atoms with Crippen LogP contribution in [0, 0.1) is 6.92 Å². The van der Waals surface area contributed by atoms with E-state index in [-0.39, 0.29) is 29.7 Å². The number of hydrogen-bond acceptors (Lipinski definition) is 4. The van der Waals surface area contributed by atoms with E-state index in [0.29, 0.717) is 23.1 Å². The van der Waals surface area contributed by atoms with Crippen molar-refractivity contribution >= 4 is 16.8 Å². The minimum Gasteiger partial charge on any atom is -0.487 e. The van der Waals surface area contributed by atoms with Crippen LogP contribution in [0.2, 0.25) is 0 Å². The maximum Gasteiger partial charge on any atom is 0.261 e. The van der Waals surface area contributed by atoms with E-state index in [1.165, 1.54) is 4.57 Å². The standard InChI is InChI=1S/C22H23N3O3/c1-14-23-17-10-6-4-9-16(17)21(27)25(14)13-20(26)24-18-12-22(2,3)28-19-11-7-5-8-15(18)19/h4-11,18H,12-13H2,1-3H3,(H,24,26). The number of ether oxygens (including phenoxy) is 1. The van der Waals surface area contributed by atoms with Gasteiger partial charge in [0.2, 0.25) is 5.91 Å². The summed E-state index contributed by atoms with van der Waals surface area (Å²) < 4.78 is 7.44. The van der Waals surface area contributed by atoms with Gasteiger partial charge < -0.3 is 10.1 Å². The van der Waals surface area contributed by atoms with Crippen LogP contribution >= 0.6 is 0 Å². The lowest BCUT2D eigenvalue weighted by Crippen LogP contribution is -2.43. The molecule has 1 N–H and O–H groups in total. The highest BCUT2D eigenvalue weighted by Gasteiger charge is 2.34. The highest BCUT2D eigenvalue weighted by atomic mass is 16.5. The summed E-state index contributed by atoms with van der Waals surface area (Å²) in [6.45, 7) is 5.68. The van der Waals surface area contributed by atoms with Crippen LogP contribution in [-0.2, 0) is 11.3 Å². The Balaban J connectivity index is 1.61. The molecular weight excluding hydrogens is 354 g/mol. The van der Waals surface area contributed by atoms with Gasteiger partial charge in [-0.05, 0) is 39.0 Å². The number of para-hydroxylation sites is 2. The molecule has 1 unspecified atom stereocenters. The number of nitrogens with zero attached hydrogens (tertiary/aromatic N) is 2. The van der Waals surface area contributed by atoms with Gasteiger partial charge in [0.05, 0.1) is 16.9 Å². The molecule has 1 aromatic heterocycles. The Labute approximate surface area is 163 Å². The quantitative estimate of drug-likeness (QED) is 0.761. The second kappa shape index (κ2) is 6.78. The average Bonchev–Trinajstić information content (AvgIpc) is 2.64. The molecule has 6 heteroatoms. The fourth-order valence-corrected chi connectivity index (χ4v) is 3.78. The maximum atomic E-state index is 12.8. The summed E-state index contributed by atoms with van der Waals surface area (Å²) in [7, 11) is 0. The average molecular weight is 377 g/mol. The molecule has 1 amide bonds. The van der Waals surface area contributed by atoms with Gasteiger partial charge >= 0.3 is 0 Å². The molecule has 0 bridgehead atoms. The van der Waals surface area contributed by atoms with Crippen LogP contribution < -0.4 is 15.6 Å². The van der Waals surface area contributed by atoms with Gasteiger partial charge in [0.1, 0.15) is 23.7 Å². The van der Waals surface area contributed by atoms with E-state index in [2.05, 4.69) is 10.3 Å². The third kappa shape index (κ3) is 3.38. The molecule has 0 saturated heterocycles. The first-order chi connectivity index (χ1) is 13.3. The Kier molecular flexibility index (Phi) is 4.41. The molecule has 6 nitrogen and oxygen atoms in total. The number of aryl methyl sites for hydroxylation is 1. The summed E-state index contributed by atoms with van der Waals surface area (Å²) in [5.41, 5.74) is 1.01. The zero-order valence-corrected chi connectivity index (χ0v) is 16.2. The van der Waals surface area contributed by atoms with Gasteiger partial charge in [0.15, 0.2) is 0 Å². The molecule has 0 aliphatic carbocycles. The molecule has 2 heterocycles. The number of carbonyl (C=O) groups excluding carboxylic acids is 1. The molecule has 28 heavy (non-hydrogen) atoms. The minimum atomic E-state index is -0.385. The number of aromatic nitrogens is 2. The van der Waals surface area contributed by atoms with Gasteiger partial charge in [-0.3, -0.25) is 14.2 Å². The van der Waals surface area contributed by atoms with Crippen LogP contribution in [0.25, 0.3) is 10.9 Å². The highest BCUT2D eigenvalue weighted by molar-refractivity contribution is 5.79. The van der Waals surface area contributed by atoms with Crippen LogP contribution in [0.1, 0.15) is 37.7 Å². The minimum absolute atomic E-state index is 0.0670. The van der Waals surface area contributed by atoms with Crippen LogP contribution in [0.15, 0.2) is 53.3 Å². The SMILES string of the molecule is Cc1nc2ccccc2c(=O)n1CC(=O)NC1CC(C)(C)Oc2ccccc21. The van der Waals surface area contributed by atoms with Crippen molar-refractivity contribution in [2.45, 2.75) is 45.4 Å². The van der Waals surface area contributed by atoms with Crippen molar-refractivity contribution in [1.29, 1.82) is 0 Å². The van der Waals surface area contributed by atoms with Gasteiger partial charge in [-0.25, -0.2) is 4.98 Å². The van der Waals surface area contributed by atoms with Gasteiger partial charge in [-0.1, -0.05) is 30.3 Å². The molecule has 0 spiro atoms. The number of amides is 1. The molecule has 1 aliphatic rings. The van der Waals surface area contributed by atoms with Crippen molar-refractivity contribution in [2.75, 3.05) is 0 Å². The summed E-state index contributed by atoms with van der Waals surface area (Å²) in [5.74, 6) is 1.08. The van der Waals surface area contributed by atoms with Crippen molar-refractivity contribution in [1.82, 2.24) is 14.9 Å². The van der Waals surface area contributed by atoms with Crippen molar-refractivity contribution in [3.63, 3.8) is 0 Å². The first-order valence-electron chi connectivity index (χ1n) is 9.37. The zero-order valence-electron chi connectivity index (χ0n) is 16.2. The summed E-state index contributed by atoms with van der Waals surface area (Å²) in [6.07, 6.45) is 0.652. The summed E-state index contributed by atoms with van der Waals surface area (Å²) in [5, 5.41) is 3.59. The smallest absolute Gasteiger partial charge is 0.261 e. The monoisotopic (exact) mass is 377 g/mol. The van der Waals surface area contributed by atoms with Crippen molar-refractivity contribution < 1.29 is 9.53 Å². The van der Waals surface area contributed by atoms with Gasteiger partial charge in [0.25, 0.3) is 5.56 Å². The van der Waals surface area contributed by atoms with E-state index in [4.69, 9.17) is 4.74 Å². The molecule has 1 aliphatic heterocycles. The molecule has 144 valence electrons. The molecule has 2 aromatic carbocycles. The molecule has 4 rings (SSSR count). The number of hydrogen-bond donors (Lipinski definition) is 1. The van der Waals surface area contributed by atoms with Crippen molar-refractivity contribution in [3.8, 4) is 5.75 Å². The molecule has 3 aromatic rings. The first-order valence-corrected chi connectivity index (χ1v) is 9.37. The fraction of sp³-hybridized carbons (Fsp3) is 0.318. The molecule has 0 fully saturated rings. The lowest BCUT2D eigenvalue weighted by atomic mass is 9.89. The second-order valence-corrected chi connectivity index (χ2v) is 7.79. The van der Waals surface area contributed by atoms with E-state index in [1.54, 1.807) is 25.1 Å². The number of nitrogens with one attached hydrogen (secondary N) is 1. The second-order valence-electron chi connectivity index (χ2n) is 7.79. The summed E-state index contributed by atoms with van der Waals surface area (Å²) in [6, 6.07) is 14.7. The van der Waals surface area contributed by atoms with E-state index >= 15 is 0 Å². The van der Waals surface area contributed by atoms with Gasteiger partial charge in [0, 0.05) is 12.0 Å². The molecule has 1 atom stereocenters. The Bertz CT molecular complexity index is 1120.